The van der Waals surface area contributed by atoms with Gasteiger partial charge in [-0.25, -0.2) is 8.78 Å². The maximum Gasteiger partial charge on any atom is 0.159 e. The highest BCUT2D eigenvalue weighted by atomic mass is 35.5. The molecule has 2 rings (SSSR count). The number of hydrogen-bond acceptors (Lipinski definition) is 0. The van der Waals surface area contributed by atoms with Crippen LogP contribution >= 0.6 is 11.6 Å². The largest absolute Gasteiger partial charge is 0.204 e. The third-order valence-corrected chi connectivity index (χ3v) is 4.61. The van der Waals surface area contributed by atoms with Crippen LogP contribution in [0.5, 0.6) is 0 Å². The second-order valence-electron chi connectivity index (χ2n) is 5.90. The highest BCUT2D eigenvalue weighted by molar-refractivity contribution is 6.22. The van der Waals surface area contributed by atoms with Crippen LogP contribution in [0.25, 0.3) is 0 Å². The Bertz CT molecular complexity index is 618. The van der Waals surface area contributed by atoms with E-state index in [2.05, 4.69) is 20.8 Å². The molecular weight excluding hydrogens is 290 g/mol. The highest BCUT2D eigenvalue weighted by Gasteiger charge is 2.19. The van der Waals surface area contributed by atoms with E-state index in [1.807, 2.05) is 24.3 Å². The maximum absolute atomic E-state index is 13.3. The Morgan fingerprint density at radius 1 is 0.952 bits per heavy atom. The van der Waals surface area contributed by atoms with Gasteiger partial charge in [-0.3, -0.25) is 0 Å². The summed E-state index contributed by atoms with van der Waals surface area (Å²) in [6, 6.07) is 11.8. The predicted octanol–water partition coefficient (Wildman–Crippen LogP) is 5.98. The normalized spacial score (nSPS) is 13.2. The summed E-state index contributed by atoms with van der Waals surface area (Å²) < 4.78 is 26.3. The van der Waals surface area contributed by atoms with Gasteiger partial charge in [0.05, 0.1) is 5.38 Å². The fraction of sp³-hybridized carbons (Fsp3) is 0.333. The molecule has 0 amide bonds. The lowest BCUT2D eigenvalue weighted by Crippen LogP contribution is -2.15. The second-order valence-corrected chi connectivity index (χ2v) is 6.33. The van der Waals surface area contributed by atoms with Gasteiger partial charge in [0.2, 0.25) is 0 Å². The number of rotatable bonds is 4. The van der Waals surface area contributed by atoms with Crippen molar-refractivity contribution in [1.82, 2.24) is 0 Å². The molecule has 2 aromatic carbocycles. The fourth-order valence-corrected chi connectivity index (χ4v) is 2.45. The van der Waals surface area contributed by atoms with Crippen molar-refractivity contribution >= 4 is 11.6 Å². The number of benzene rings is 2. The van der Waals surface area contributed by atoms with Crippen molar-refractivity contribution in [2.24, 2.45) is 0 Å². The minimum atomic E-state index is -0.873. The number of alkyl halides is 1. The van der Waals surface area contributed by atoms with E-state index in [1.165, 1.54) is 11.6 Å². The first-order chi connectivity index (χ1) is 9.85. The third-order valence-electron chi connectivity index (χ3n) is 4.11. The van der Waals surface area contributed by atoms with Crippen molar-refractivity contribution in [3.05, 3.63) is 70.8 Å². The molecule has 0 aliphatic rings. The Morgan fingerprint density at radius 2 is 1.52 bits per heavy atom. The highest BCUT2D eigenvalue weighted by Crippen LogP contribution is 2.32. The Hall–Kier alpha value is -1.41. The number of hydrogen-bond donors (Lipinski definition) is 0. The van der Waals surface area contributed by atoms with Crippen LogP contribution < -0.4 is 0 Å². The summed E-state index contributed by atoms with van der Waals surface area (Å²) in [5, 5.41) is -0.487. The molecule has 2 aromatic rings. The molecule has 1 atom stereocenters. The molecule has 0 aliphatic heterocycles. The summed E-state index contributed by atoms with van der Waals surface area (Å²) in [6.07, 6.45) is 1.04. The molecular formula is C18H19ClF2. The lowest BCUT2D eigenvalue weighted by atomic mass is 9.82. The van der Waals surface area contributed by atoms with E-state index < -0.39 is 17.0 Å². The Labute approximate surface area is 129 Å². The zero-order valence-corrected chi connectivity index (χ0v) is 13.2. The van der Waals surface area contributed by atoms with Crippen molar-refractivity contribution in [2.75, 3.05) is 0 Å². The van der Waals surface area contributed by atoms with Crippen molar-refractivity contribution in [1.29, 1.82) is 0 Å². The zero-order valence-electron chi connectivity index (χ0n) is 12.5. The average molecular weight is 309 g/mol. The number of halogens is 3. The van der Waals surface area contributed by atoms with E-state index >= 15 is 0 Å². The smallest absolute Gasteiger partial charge is 0.159 e. The maximum atomic E-state index is 13.3. The fourth-order valence-electron chi connectivity index (χ4n) is 2.17. The average Bonchev–Trinajstić information content (AvgIpc) is 2.49. The minimum absolute atomic E-state index is 0.113. The molecule has 0 N–H and O–H groups in total. The topological polar surface area (TPSA) is 0 Å². The van der Waals surface area contributed by atoms with Crippen molar-refractivity contribution in [3.8, 4) is 0 Å². The molecule has 0 heterocycles. The Kier molecular flexibility index (Phi) is 4.67. The molecule has 0 bridgehead atoms. The van der Waals surface area contributed by atoms with Crippen molar-refractivity contribution < 1.29 is 8.78 Å². The predicted molar refractivity (Wildman–Crippen MR) is 83.8 cm³/mol. The molecule has 0 nitrogen and oxygen atoms in total. The summed E-state index contributed by atoms with van der Waals surface area (Å²) in [5.74, 6) is -1.73. The van der Waals surface area contributed by atoms with Gasteiger partial charge in [-0.15, -0.1) is 11.6 Å². The van der Waals surface area contributed by atoms with E-state index in [9.17, 15) is 8.78 Å². The lowest BCUT2D eigenvalue weighted by Gasteiger charge is -2.24. The van der Waals surface area contributed by atoms with Crippen LogP contribution in [0.15, 0.2) is 42.5 Å². The van der Waals surface area contributed by atoms with Crippen LogP contribution in [-0.4, -0.2) is 0 Å². The van der Waals surface area contributed by atoms with Gasteiger partial charge in [-0.05, 0) is 40.7 Å². The van der Waals surface area contributed by atoms with Gasteiger partial charge in [-0.2, -0.15) is 0 Å². The van der Waals surface area contributed by atoms with E-state index in [0.29, 0.717) is 5.56 Å². The van der Waals surface area contributed by atoms with E-state index in [0.717, 1.165) is 24.1 Å². The molecule has 0 fully saturated rings. The van der Waals surface area contributed by atoms with Gasteiger partial charge in [0.15, 0.2) is 11.6 Å². The van der Waals surface area contributed by atoms with E-state index in [-0.39, 0.29) is 5.41 Å². The minimum Gasteiger partial charge on any atom is -0.204 e. The Balaban J connectivity index is 2.27. The van der Waals surface area contributed by atoms with Gasteiger partial charge in [-0.1, -0.05) is 51.1 Å². The molecule has 3 heteroatoms. The van der Waals surface area contributed by atoms with Crippen LogP contribution in [0.3, 0.4) is 0 Å². The van der Waals surface area contributed by atoms with Gasteiger partial charge < -0.3 is 0 Å². The van der Waals surface area contributed by atoms with Crippen molar-refractivity contribution in [3.63, 3.8) is 0 Å². The quantitative estimate of drug-likeness (QED) is 0.609. The van der Waals surface area contributed by atoms with Crippen LogP contribution in [0.1, 0.15) is 49.3 Å². The van der Waals surface area contributed by atoms with Crippen LogP contribution in [-0.2, 0) is 5.41 Å². The van der Waals surface area contributed by atoms with Gasteiger partial charge in [0, 0.05) is 0 Å². The molecule has 0 saturated heterocycles. The lowest BCUT2D eigenvalue weighted by molar-refractivity contribution is 0.506. The molecule has 0 aliphatic carbocycles. The Morgan fingerprint density at radius 3 is 2.05 bits per heavy atom. The summed E-state index contributed by atoms with van der Waals surface area (Å²) in [4.78, 5) is 0. The third kappa shape index (κ3) is 3.44. The van der Waals surface area contributed by atoms with Gasteiger partial charge in [0.1, 0.15) is 0 Å². The SMILES string of the molecule is CCC(C)(C)c1ccc(C(Cl)c2ccc(F)c(F)c2)cc1. The second kappa shape index (κ2) is 6.15. The summed E-state index contributed by atoms with van der Waals surface area (Å²) in [6.45, 7) is 6.53. The van der Waals surface area contributed by atoms with Crippen LogP contribution in [0, 0.1) is 11.6 Å². The monoisotopic (exact) mass is 308 g/mol. The van der Waals surface area contributed by atoms with Gasteiger partial charge >= 0.3 is 0 Å². The van der Waals surface area contributed by atoms with Crippen LogP contribution in [0.4, 0.5) is 8.78 Å². The summed E-state index contributed by atoms with van der Waals surface area (Å²) >= 11 is 6.37. The first-order valence-electron chi connectivity index (χ1n) is 7.04. The van der Waals surface area contributed by atoms with E-state index in [4.69, 9.17) is 11.6 Å². The van der Waals surface area contributed by atoms with Crippen molar-refractivity contribution in [2.45, 2.75) is 38.0 Å². The first-order valence-corrected chi connectivity index (χ1v) is 7.48. The van der Waals surface area contributed by atoms with E-state index in [1.54, 1.807) is 0 Å². The molecule has 21 heavy (non-hydrogen) atoms. The van der Waals surface area contributed by atoms with Crippen LogP contribution in [0.2, 0.25) is 0 Å². The molecule has 0 saturated carbocycles. The molecule has 112 valence electrons. The first kappa shape index (κ1) is 16.0. The summed E-state index contributed by atoms with van der Waals surface area (Å²) in [7, 11) is 0. The standard InChI is InChI=1S/C18H19ClF2/c1-4-18(2,3)14-8-5-12(6-9-14)17(19)13-7-10-15(20)16(21)11-13/h5-11,17H,4H2,1-3H3. The molecule has 0 aromatic heterocycles. The zero-order chi connectivity index (χ0) is 15.6. The van der Waals surface area contributed by atoms with Gasteiger partial charge in [0.25, 0.3) is 0 Å². The molecule has 1 unspecified atom stereocenters. The molecule has 0 spiro atoms. The summed E-state index contributed by atoms with van der Waals surface area (Å²) in [5.41, 5.74) is 2.78. The molecule has 0 radical (unpaired) electrons.